The molecule has 90 valence electrons. The highest BCUT2D eigenvalue weighted by atomic mass is 35.5. The average molecular weight is 271 g/mol. The van der Waals surface area contributed by atoms with E-state index < -0.39 is 0 Å². The quantitative estimate of drug-likeness (QED) is 0.859. The Bertz CT molecular complexity index is 529. The number of hydrogen-bond acceptors (Lipinski definition) is 2. The molecular weight excluding hydrogens is 259 g/mol. The molecule has 17 heavy (non-hydrogen) atoms. The Hall–Kier alpha value is -1.19. The molecule has 0 aliphatic carbocycles. The number of aromatic hydroxyl groups is 1. The Morgan fingerprint density at radius 1 is 1.18 bits per heavy atom. The summed E-state index contributed by atoms with van der Waals surface area (Å²) in [7, 11) is 0. The van der Waals surface area contributed by atoms with Crippen molar-refractivity contribution < 1.29 is 5.11 Å². The molecule has 3 nitrogen and oxygen atoms in total. The van der Waals surface area contributed by atoms with Crippen molar-refractivity contribution in [2.24, 2.45) is 0 Å². The smallest absolute Gasteiger partial charge is 0.233 e. The van der Waals surface area contributed by atoms with Crippen molar-refractivity contribution in [1.29, 1.82) is 0 Å². The van der Waals surface area contributed by atoms with Gasteiger partial charge in [-0.2, -0.15) is 4.98 Å². The largest absolute Gasteiger partial charge is 0.492 e. The second-order valence-electron chi connectivity index (χ2n) is 4.14. The van der Waals surface area contributed by atoms with Crippen LogP contribution in [0, 0.1) is 0 Å². The Kier molecular flexibility index (Phi) is 3.31. The zero-order valence-electron chi connectivity index (χ0n) is 9.46. The standard InChI is InChI=1S/C12H12Cl2N2O/c1-6(2)10-12(17)16-11(15-10)7-3-8(13)5-9(14)4-7/h3-6,17H,1-2H3,(H,15,16). The van der Waals surface area contributed by atoms with Gasteiger partial charge < -0.3 is 10.1 Å². The molecule has 2 rings (SSSR count). The first-order chi connectivity index (χ1) is 7.97. The Labute approximate surface area is 109 Å². The van der Waals surface area contributed by atoms with Gasteiger partial charge in [0.05, 0.1) is 5.69 Å². The number of nitrogens with one attached hydrogen (secondary N) is 1. The van der Waals surface area contributed by atoms with E-state index in [1.54, 1.807) is 18.2 Å². The molecule has 0 amide bonds. The van der Waals surface area contributed by atoms with Gasteiger partial charge in [-0.15, -0.1) is 0 Å². The van der Waals surface area contributed by atoms with Crippen LogP contribution in [0.25, 0.3) is 11.4 Å². The highest BCUT2D eigenvalue weighted by Crippen LogP contribution is 2.30. The first-order valence-corrected chi connectivity index (χ1v) is 5.98. The lowest BCUT2D eigenvalue weighted by Crippen LogP contribution is -1.87. The number of H-pyrrole nitrogens is 1. The topological polar surface area (TPSA) is 48.9 Å². The summed E-state index contributed by atoms with van der Waals surface area (Å²) in [5.41, 5.74) is 1.46. The van der Waals surface area contributed by atoms with E-state index in [1.165, 1.54) is 0 Å². The van der Waals surface area contributed by atoms with Crippen molar-refractivity contribution in [3.05, 3.63) is 33.9 Å². The van der Waals surface area contributed by atoms with Crippen LogP contribution in [0.4, 0.5) is 0 Å². The maximum Gasteiger partial charge on any atom is 0.233 e. The van der Waals surface area contributed by atoms with Crippen molar-refractivity contribution in [3.8, 4) is 17.3 Å². The van der Waals surface area contributed by atoms with E-state index in [4.69, 9.17) is 23.2 Å². The van der Waals surface area contributed by atoms with Crippen molar-refractivity contribution in [2.45, 2.75) is 19.8 Å². The van der Waals surface area contributed by atoms with E-state index in [0.29, 0.717) is 21.6 Å². The second-order valence-corrected chi connectivity index (χ2v) is 5.01. The van der Waals surface area contributed by atoms with E-state index in [9.17, 15) is 5.11 Å². The summed E-state index contributed by atoms with van der Waals surface area (Å²) in [6.45, 7) is 3.95. The third kappa shape index (κ3) is 2.56. The first kappa shape index (κ1) is 12.3. The second kappa shape index (κ2) is 4.59. The summed E-state index contributed by atoms with van der Waals surface area (Å²) < 4.78 is 0. The van der Waals surface area contributed by atoms with Gasteiger partial charge >= 0.3 is 0 Å². The summed E-state index contributed by atoms with van der Waals surface area (Å²) in [5, 5.41) is 10.8. The number of benzene rings is 1. The molecule has 5 heteroatoms. The maximum atomic E-state index is 9.69. The van der Waals surface area contributed by atoms with Crippen molar-refractivity contribution in [2.75, 3.05) is 0 Å². The van der Waals surface area contributed by atoms with Crippen LogP contribution in [0.2, 0.25) is 10.0 Å². The normalized spacial score (nSPS) is 11.1. The van der Waals surface area contributed by atoms with E-state index >= 15 is 0 Å². The first-order valence-electron chi connectivity index (χ1n) is 5.22. The summed E-state index contributed by atoms with van der Waals surface area (Å²) in [5.74, 6) is 0.757. The van der Waals surface area contributed by atoms with Gasteiger partial charge in [-0.05, 0) is 24.1 Å². The molecular formula is C12H12Cl2N2O. The van der Waals surface area contributed by atoms with Crippen molar-refractivity contribution in [3.63, 3.8) is 0 Å². The molecule has 0 saturated carbocycles. The van der Waals surface area contributed by atoms with Gasteiger partial charge in [0.2, 0.25) is 5.88 Å². The van der Waals surface area contributed by atoms with Gasteiger partial charge in [0.15, 0.2) is 0 Å². The van der Waals surface area contributed by atoms with E-state index in [0.717, 1.165) is 5.56 Å². The zero-order valence-corrected chi connectivity index (χ0v) is 11.0. The van der Waals surface area contributed by atoms with Crippen LogP contribution in [-0.4, -0.2) is 15.1 Å². The predicted molar refractivity (Wildman–Crippen MR) is 69.8 cm³/mol. The van der Waals surface area contributed by atoms with Crippen LogP contribution < -0.4 is 0 Å². The number of aromatic nitrogens is 2. The van der Waals surface area contributed by atoms with Crippen LogP contribution in [0.5, 0.6) is 5.88 Å². The van der Waals surface area contributed by atoms with E-state index in [1.807, 2.05) is 13.8 Å². The number of hydrogen-bond donors (Lipinski definition) is 2. The Morgan fingerprint density at radius 2 is 1.76 bits per heavy atom. The van der Waals surface area contributed by atoms with Crippen LogP contribution in [0.3, 0.4) is 0 Å². The number of nitrogens with zero attached hydrogens (tertiary/aromatic N) is 1. The van der Waals surface area contributed by atoms with Crippen molar-refractivity contribution in [1.82, 2.24) is 9.97 Å². The van der Waals surface area contributed by atoms with Crippen molar-refractivity contribution >= 4 is 23.2 Å². The molecule has 0 atom stereocenters. The van der Waals surface area contributed by atoms with Gasteiger partial charge in [-0.1, -0.05) is 37.0 Å². The molecule has 0 saturated heterocycles. The summed E-state index contributed by atoms with van der Waals surface area (Å²) in [4.78, 5) is 7.14. The molecule has 0 aliphatic heterocycles. The SMILES string of the molecule is CC(C)c1[nH]c(-c2cc(Cl)cc(Cl)c2)nc1O. The fourth-order valence-corrected chi connectivity index (χ4v) is 2.13. The average Bonchev–Trinajstić information content (AvgIpc) is 2.59. The lowest BCUT2D eigenvalue weighted by Gasteiger charge is -2.01. The Balaban J connectivity index is 2.49. The fourth-order valence-electron chi connectivity index (χ4n) is 1.61. The molecule has 0 aliphatic rings. The molecule has 0 bridgehead atoms. The van der Waals surface area contributed by atoms with Crippen LogP contribution >= 0.6 is 23.2 Å². The maximum absolute atomic E-state index is 9.69. The number of aromatic amines is 1. The molecule has 0 fully saturated rings. The van der Waals surface area contributed by atoms with Gasteiger partial charge in [0.1, 0.15) is 5.82 Å². The molecule has 1 aromatic carbocycles. The third-order valence-electron chi connectivity index (χ3n) is 2.43. The molecule has 1 heterocycles. The van der Waals surface area contributed by atoms with Gasteiger partial charge in [-0.25, -0.2) is 0 Å². The fraction of sp³-hybridized carbons (Fsp3) is 0.250. The summed E-state index contributed by atoms with van der Waals surface area (Å²) in [6.07, 6.45) is 0. The predicted octanol–water partition coefficient (Wildman–Crippen LogP) is 4.21. The highest BCUT2D eigenvalue weighted by molar-refractivity contribution is 6.35. The Morgan fingerprint density at radius 3 is 2.24 bits per heavy atom. The summed E-state index contributed by atoms with van der Waals surface area (Å²) in [6, 6.07) is 5.14. The zero-order chi connectivity index (χ0) is 12.6. The highest BCUT2D eigenvalue weighted by Gasteiger charge is 2.14. The van der Waals surface area contributed by atoms with Crippen LogP contribution in [-0.2, 0) is 0 Å². The minimum Gasteiger partial charge on any atom is -0.492 e. The van der Waals surface area contributed by atoms with Crippen LogP contribution in [0.1, 0.15) is 25.5 Å². The molecule has 2 N–H and O–H groups in total. The van der Waals surface area contributed by atoms with E-state index in [-0.39, 0.29) is 11.8 Å². The molecule has 1 aromatic heterocycles. The number of imidazole rings is 1. The van der Waals surface area contributed by atoms with Crippen LogP contribution in [0.15, 0.2) is 18.2 Å². The molecule has 0 radical (unpaired) electrons. The lowest BCUT2D eigenvalue weighted by atomic mass is 10.1. The minimum atomic E-state index is 0.0195. The molecule has 0 unspecified atom stereocenters. The minimum absolute atomic E-state index is 0.0195. The number of rotatable bonds is 2. The monoisotopic (exact) mass is 270 g/mol. The lowest BCUT2D eigenvalue weighted by molar-refractivity contribution is 0.446. The summed E-state index contributed by atoms with van der Waals surface area (Å²) >= 11 is 11.8. The molecule has 0 spiro atoms. The van der Waals surface area contributed by atoms with Gasteiger partial charge in [0.25, 0.3) is 0 Å². The van der Waals surface area contributed by atoms with Gasteiger partial charge in [0, 0.05) is 15.6 Å². The third-order valence-corrected chi connectivity index (χ3v) is 2.86. The van der Waals surface area contributed by atoms with E-state index in [2.05, 4.69) is 9.97 Å². The number of halogens is 2. The molecule has 2 aromatic rings. The van der Waals surface area contributed by atoms with Gasteiger partial charge in [-0.3, -0.25) is 0 Å².